The molecule has 150 valence electrons. The normalized spacial score (nSPS) is 19.4. The van der Waals surface area contributed by atoms with Crippen LogP contribution in [0.4, 0.5) is 5.82 Å². The van der Waals surface area contributed by atoms with E-state index in [-0.39, 0.29) is 5.91 Å². The number of hydrogen-bond acceptors (Lipinski definition) is 6. The maximum atomic E-state index is 12.8. The predicted molar refractivity (Wildman–Crippen MR) is 107 cm³/mol. The largest absolute Gasteiger partial charge is 0.379 e. The number of ether oxygens (including phenoxy) is 1. The van der Waals surface area contributed by atoms with E-state index in [1.165, 1.54) is 0 Å². The second kappa shape index (κ2) is 10.0. The first-order chi connectivity index (χ1) is 13.1. The van der Waals surface area contributed by atoms with E-state index in [2.05, 4.69) is 34.2 Å². The van der Waals surface area contributed by atoms with E-state index in [0.717, 1.165) is 77.6 Å². The monoisotopic (exact) mass is 375 g/mol. The molecule has 0 atom stereocenters. The molecule has 1 amide bonds. The van der Waals surface area contributed by atoms with Crippen LogP contribution in [0.3, 0.4) is 0 Å². The first-order valence-corrected chi connectivity index (χ1v) is 10.1. The van der Waals surface area contributed by atoms with Gasteiger partial charge in [0, 0.05) is 45.0 Å². The summed E-state index contributed by atoms with van der Waals surface area (Å²) in [5, 5.41) is 3.31. The Morgan fingerprint density at radius 1 is 1.22 bits per heavy atom. The maximum Gasteiger partial charge on any atom is 0.255 e. The fourth-order valence-corrected chi connectivity index (χ4v) is 3.80. The number of aromatic nitrogens is 1. The van der Waals surface area contributed by atoms with Crippen molar-refractivity contribution in [2.45, 2.75) is 25.3 Å². The van der Waals surface area contributed by atoms with Crippen molar-refractivity contribution < 1.29 is 9.53 Å². The Hall–Kier alpha value is -1.70. The molecule has 1 aromatic rings. The van der Waals surface area contributed by atoms with Crippen molar-refractivity contribution in [3.63, 3.8) is 0 Å². The number of carbonyl (C=O) groups is 1. The number of piperidine rings is 1. The number of hydrogen-bond donors (Lipinski definition) is 1. The van der Waals surface area contributed by atoms with Gasteiger partial charge in [0.05, 0.1) is 18.8 Å². The minimum Gasteiger partial charge on any atom is -0.379 e. The van der Waals surface area contributed by atoms with Crippen LogP contribution in [-0.2, 0) is 4.74 Å². The highest BCUT2D eigenvalue weighted by molar-refractivity contribution is 5.94. The molecule has 1 aromatic heterocycles. The topological polar surface area (TPSA) is 60.9 Å². The van der Waals surface area contributed by atoms with Gasteiger partial charge in [-0.15, -0.1) is 0 Å². The summed E-state index contributed by atoms with van der Waals surface area (Å²) in [6, 6.07) is 4.38. The van der Waals surface area contributed by atoms with Gasteiger partial charge in [0.1, 0.15) is 5.82 Å². The second-order valence-corrected chi connectivity index (χ2v) is 7.69. The molecule has 27 heavy (non-hydrogen) atoms. The average molecular weight is 376 g/mol. The molecule has 1 N–H and O–H groups in total. The Bertz CT molecular complexity index is 579. The van der Waals surface area contributed by atoms with Crippen molar-refractivity contribution in [3.05, 3.63) is 23.9 Å². The van der Waals surface area contributed by atoms with Crippen LogP contribution in [0, 0.1) is 0 Å². The zero-order chi connectivity index (χ0) is 19.1. The Morgan fingerprint density at radius 2 is 1.96 bits per heavy atom. The van der Waals surface area contributed by atoms with Crippen molar-refractivity contribution in [3.8, 4) is 0 Å². The molecule has 2 aliphatic heterocycles. The summed E-state index contributed by atoms with van der Waals surface area (Å²) in [6.45, 7) is 7.28. The number of likely N-dealkylation sites (tertiary alicyclic amines) is 1. The van der Waals surface area contributed by atoms with Gasteiger partial charge < -0.3 is 19.9 Å². The lowest BCUT2D eigenvalue weighted by Crippen LogP contribution is -2.50. The second-order valence-electron chi connectivity index (χ2n) is 7.69. The Morgan fingerprint density at radius 3 is 2.59 bits per heavy atom. The lowest BCUT2D eigenvalue weighted by molar-refractivity contribution is 0.00158. The van der Waals surface area contributed by atoms with E-state index in [1.54, 1.807) is 6.20 Å². The number of anilines is 1. The van der Waals surface area contributed by atoms with Gasteiger partial charge in [-0.25, -0.2) is 4.98 Å². The minimum atomic E-state index is 0.0992. The smallest absolute Gasteiger partial charge is 0.255 e. The number of nitrogens with one attached hydrogen (secondary N) is 1. The molecule has 0 spiro atoms. The number of morpholine rings is 1. The Kier molecular flexibility index (Phi) is 7.43. The molecule has 0 bridgehead atoms. The summed E-state index contributed by atoms with van der Waals surface area (Å²) in [4.78, 5) is 23.8. The number of amides is 1. The molecular weight excluding hydrogens is 342 g/mol. The number of rotatable bonds is 7. The molecule has 0 unspecified atom stereocenters. The van der Waals surface area contributed by atoms with Gasteiger partial charge in [-0.3, -0.25) is 9.69 Å². The van der Waals surface area contributed by atoms with Crippen molar-refractivity contribution in [1.82, 2.24) is 19.7 Å². The summed E-state index contributed by atoms with van der Waals surface area (Å²) in [7, 11) is 4.14. The highest BCUT2D eigenvalue weighted by atomic mass is 16.5. The number of nitrogens with zero attached hydrogens (tertiary/aromatic N) is 4. The van der Waals surface area contributed by atoms with Crippen LogP contribution in [0.5, 0.6) is 0 Å². The van der Waals surface area contributed by atoms with Crippen LogP contribution >= 0.6 is 0 Å². The Labute approximate surface area is 162 Å². The van der Waals surface area contributed by atoms with Gasteiger partial charge in [-0.05, 0) is 52.0 Å². The fraction of sp³-hybridized carbons (Fsp3) is 0.700. The molecule has 2 saturated heterocycles. The third-order valence-corrected chi connectivity index (χ3v) is 5.41. The predicted octanol–water partition coefficient (Wildman–Crippen LogP) is 1.38. The number of carbonyl (C=O) groups excluding carboxylic acids is 1. The molecule has 0 radical (unpaired) electrons. The molecule has 0 aliphatic carbocycles. The molecule has 0 saturated carbocycles. The number of pyridine rings is 1. The van der Waals surface area contributed by atoms with E-state index in [4.69, 9.17) is 4.74 Å². The maximum absolute atomic E-state index is 12.8. The summed E-state index contributed by atoms with van der Waals surface area (Å²) >= 11 is 0. The molecule has 2 aliphatic rings. The van der Waals surface area contributed by atoms with Gasteiger partial charge in [0.2, 0.25) is 0 Å². The van der Waals surface area contributed by atoms with Crippen LogP contribution in [0.15, 0.2) is 18.3 Å². The molecular formula is C20H33N5O2. The summed E-state index contributed by atoms with van der Waals surface area (Å²) < 4.78 is 5.44. The molecule has 2 fully saturated rings. The van der Waals surface area contributed by atoms with Crippen molar-refractivity contribution >= 4 is 11.7 Å². The summed E-state index contributed by atoms with van der Waals surface area (Å²) in [5.41, 5.74) is 0.679. The molecule has 7 heteroatoms. The standard InChI is InChI=1S/C20H33N5O2/c1-23(2)9-3-8-21-19-5-4-17(16-22-19)20(26)25-10-6-18(7-11-25)24-12-14-27-15-13-24/h4-5,16,18H,3,6-15H2,1-2H3,(H,21,22). The van der Waals surface area contributed by atoms with E-state index in [0.29, 0.717) is 11.6 Å². The van der Waals surface area contributed by atoms with E-state index in [9.17, 15) is 4.79 Å². The first kappa shape index (κ1) is 20.0. The highest BCUT2D eigenvalue weighted by Crippen LogP contribution is 2.19. The molecule has 3 heterocycles. The lowest BCUT2D eigenvalue weighted by atomic mass is 10.0. The summed E-state index contributed by atoms with van der Waals surface area (Å²) in [5.74, 6) is 0.929. The van der Waals surface area contributed by atoms with Gasteiger partial charge in [0.25, 0.3) is 5.91 Å². The van der Waals surface area contributed by atoms with E-state index in [1.807, 2.05) is 17.0 Å². The first-order valence-electron chi connectivity index (χ1n) is 10.1. The van der Waals surface area contributed by atoms with Crippen molar-refractivity contribution in [2.75, 3.05) is 71.9 Å². The Balaban J connectivity index is 1.44. The molecule has 3 rings (SSSR count). The zero-order valence-corrected chi connectivity index (χ0v) is 16.7. The summed E-state index contributed by atoms with van der Waals surface area (Å²) in [6.07, 6.45) is 4.85. The van der Waals surface area contributed by atoms with Crippen molar-refractivity contribution in [2.24, 2.45) is 0 Å². The van der Waals surface area contributed by atoms with E-state index >= 15 is 0 Å². The van der Waals surface area contributed by atoms with Crippen LogP contribution in [-0.4, -0.2) is 98.2 Å². The van der Waals surface area contributed by atoms with Gasteiger partial charge >= 0.3 is 0 Å². The third-order valence-electron chi connectivity index (χ3n) is 5.41. The molecule has 7 nitrogen and oxygen atoms in total. The quantitative estimate of drug-likeness (QED) is 0.727. The van der Waals surface area contributed by atoms with Crippen LogP contribution in [0.2, 0.25) is 0 Å². The van der Waals surface area contributed by atoms with Crippen LogP contribution in [0.25, 0.3) is 0 Å². The van der Waals surface area contributed by atoms with Crippen LogP contribution < -0.4 is 5.32 Å². The molecule has 0 aromatic carbocycles. The minimum absolute atomic E-state index is 0.0992. The van der Waals surface area contributed by atoms with Gasteiger partial charge in [-0.2, -0.15) is 0 Å². The van der Waals surface area contributed by atoms with Gasteiger partial charge in [0.15, 0.2) is 0 Å². The average Bonchev–Trinajstić information content (AvgIpc) is 2.72. The highest BCUT2D eigenvalue weighted by Gasteiger charge is 2.28. The van der Waals surface area contributed by atoms with Gasteiger partial charge in [-0.1, -0.05) is 0 Å². The lowest BCUT2D eigenvalue weighted by Gasteiger charge is -2.40. The SMILES string of the molecule is CN(C)CCCNc1ccc(C(=O)N2CCC(N3CCOCC3)CC2)cn1. The fourth-order valence-electron chi connectivity index (χ4n) is 3.80. The van der Waals surface area contributed by atoms with Crippen LogP contribution in [0.1, 0.15) is 29.6 Å². The zero-order valence-electron chi connectivity index (χ0n) is 16.7. The van der Waals surface area contributed by atoms with Crippen molar-refractivity contribution in [1.29, 1.82) is 0 Å². The van der Waals surface area contributed by atoms with E-state index < -0.39 is 0 Å². The third kappa shape index (κ3) is 5.89.